The molecule has 0 aliphatic carbocycles. The second-order valence-corrected chi connectivity index (χ2v) is 10.1. The van der Waals surface area contributed by atoms with Gasteiger partial charge in [-0.3, -0.25) is 9.36 Å². The quantitative estimate of drug-likeness (QED) is 0.303. The molecule has 1 aliphatic rings. The van der Waals surface area contributed by atoms with E-state index in [0.29, 0.717) is 6.54 Å². The Morgan fingerprint density at radius 3 is 2.97 bits per heavy atom. The Balaban J connectivity index is 1.44. The third kappa shape index (κ3) is 3.95. The van der Waals surface area contributed by atoms with Crippen molar-refractivity contribution in [2.24, 2.45) is 0 Å². The van der Waals surface area contributed by atoms with E-state index in [1.807, 2.05) is 49.6 Å². The zero-order valence-electron chi connectivity index (χ0n) is 17.5. The van der Waals surface area contributed by atoms with E-state index >= 15 is 0 Å². The van der Waals surface area contributed by atoms with Crippen LogP contribution >= 0.6 is 23.1 Å². The maximum absolute atomic E-state index is 13.4. The average molecular weight is 453 g/mol. The maximum atomic E-state index is 13.4. The smallest absolute Gasteiger partial charge is 0.192 e. The van der Waals surface area contributed by atoms with Crippen LogP contribution in [-0.4, -0.2) is 43.5 Å². The van der Waals surface area contributed by atoms with Gasteiger partial charge >= 0.3 is 0 Å². The van der Waals surface area contributed by atoms with Crippen LogP contribution in [0.15, 0.2) is 46.9 Å². The summed E-state index contributed by atoms with van der Waals surface area (Å²) in [5, 5.41) is 12.4. The molecule has 2 atom stereocenters. The average Bonchev–Trinajstić information content (AvgIpc) is 3.55. The van der Waals surface area contributed by atoms with Crippen molar-refractivity contribution in [2.75, 3.05) is 6.61 Å². The molecule has 0 amide bonds. The van der Waals surface area contributed by atoms with Gasteiger partial charge in [-0.25, -0.2) is 0 Å². The zero-order valence-corrected chi connectivity index (χ0v) is 19.1. The number of ether oxygens (including phenoxy) is 1. The van der Waals surface area contributed by atoms with Crippen LogP contribution in [0.3, 0.4) is 0 Å². The van der Waals surface area contributed by atoms with Crippen LogP contribution in [0.4, 0.5) is 0 Å². The van der Waals surface area contributed by atoms with E-state index in [2.05, 4.69) is 25.8 Å². The Labute approximate surface area is 189 Å². The van der Waals surface area contributed by atoms with Crippen molar-refractivity contribution >= 4 is 39.8 Å². The number of hydrogen-bond acceptors (Lipinski definition) is 6. The van der Waals surface area contributed by atoms with Gasteiger partial charge in [0.1, 0.15) is 0 Å². The SMILES string of the molecule is Cc1[nH]c2ccccc2c1C(=O)C(C)Sc1nnc(-c2cccs2)n1CC1CCCO1. The number of carbonyl (C=O) groups is 1. The normalized spacial score (nSPS) is 17.4. The first kappa shape index (κ1) is 20.5. The summed E-state index contributed by atoms with van der Waals surface area (Å²) in [5.74, 6) is 0.945. The molecule has 1 aliphatic heterocycles. The number of hydrogen-bond donors (Lipinski definition) is 1. The standard InChI is InChI=1S/C23H24N4O2S2/c1-14-20(17-8-3-4-9-18(17)24-14)21(28)15(2)31-23-26-25-22(19-10-6-12-30-19)27(23)13-16-7-5-11-29-16/h3-4,6,8-10,12,15-16,24H,5,7,11,13H2,1-2H3. The molecule has 3 aromatic heterocycles. The number of carbonyl (C=O) groups excluding carboxylic acids is 1. The molecule has 8 heteroatoms. The highest BCUT2D eigenvalue weighted by molar-refractivity contribution is 8.00. The van der Waals surface area contributed by atoms with E-state index in [9.17, 15) is 4.79 Å². The predicted molar refractivity (Wildman–Crippen MR) is 125 cm³/mol. The van der Waals surface area contributed by atoms with E-state index < -0.39 is 0 Å². The number of aryl methyl sites for hydroxylation is 1. The Hall–Kier alpha value is -2.42. The van der Waals surface area contributed by atoms with Gasteiger partial charge in [0.25, 0.3) is 0 Å². The third-order valence-corrected chi connectivity index (χ3v) is 7.61. The molecule has 1 saturated heterocycles. The van der Waals surface area contributed by atoms with Crippen LogP contribution in [0.2, 0.25) is 0 Å². The Morgan fingerprint density at radius 1 is 1.32 bits per heavy atom. The molecule has 4 heterocycles. The van der Waals surface area contributed by atoms with E-state index in [4.69, 9.17) is 4.74 Å². The summed E-state index contributed by atoms with van der Waals surface area (Å²) in [5.41, 5.74) is 2.65. The van der Waals surface area contributed by atoms with Gasteiger partial charge in [0.2, 0.25) is 0 Å². The summed E-state index contributed by atoms with van der Waals surface area (Å²) in [4.78, 5) is 17.8. The zero-order chi connectivity index (χ0) is 21.4. The van der Waals surface area contributed by atoms with Gasteiger partial charge in [-0.15, -0.1) is 21.5 Å². The maximum Gasteiger partial charge on any atom is 0.192 e. The van der Waals surface area contributed by atoms with E-state index in [1.54, 1.807) is 11.3 Å². The van der Waals surface area contributed by atoms with Gasteiger partial charge in [0, 0.05) is 28.8 Å². The molecule has 0 radical (unpaired) electrons. The van der Waals surface area contributed by atoms with Crippen LogP contribution in [0.25, 0.3) is 21.6 Å². The molecule has 0 bridgehead atoms. The molecule has 1 N–H and O–H groups in total. The lowest BCUT2D eigenvalue weighted by Crippen LogP contribution is -2.19. The molecule has 160 valence electrons. The first-order chi connectivity index (χ1) is 15.1. The number of aromatic amines is 1. The first-order valence-corrected chi connectivity index (χ1v) is 12.2. The number of rotatable bonds is 7. The fourth-order valence-corrected chi connectivity index (χ4v) is 5.76. The number of H-pyrrole nitrogens is 1. The molecule has 1 fully saturated rings. The number of fused-ring (bicyclic) bond motifs is 1. The summed E-state index contributed by atoms with van der Waals surface area (Å²) >= 11 is 3.11. The van der Waals surface area contributed by atoms with E-state index in [1.165, 1.54) is 11.8 Å². The number of aromatic nitrogens is 4. The topological polar surface area (TPSA) is 72.8 Å². The van der Waals surface area contributed by atoms with Crippen molar-refractivity contribution in [2.45, 2.75) is 49.7 Å². The summed E-state index contributed by atoms with van der Waals surface area (Å²) in [6, 6.07) is 12.0. The number of thiophene rings is 1. The minimum atomic E-state index is -0.290. The summed E-state index contributed by atoms with van der Waals surface area (Å²) in [7, 11) is 0. The number of para-hydroxylation sites is 1. The van der Waals surface area contributed by atoms with Gasteiger partial charge in [-0.05, 0) is 44.2 Å². The summed E-state index contributed by atoms with van der Waals surface area (Å²) in [6.45, 7) is 5.41. The van der Waals surface area contributed by atoms with E-state index in [-0.39, 0.29) is 17.1 Å². The molecule has 31 heavy (non-hydrogen) atoms. The van der Waals surface area contributed by atoms with Crippen LogP contribution in [0.5, 0.6) is 0 Å². The lowest BCUT2D eigenvalue weighted by molar-refractivity contribution is 0.0953. The number of Topliss-reactive ketones (excluding diaryl/α,β-unsaturated/α-hetero) is 1. The number of thioether (sulfide) groups is 1. The number of ketones is 1. The van der Waals surface area contributed by atoms with Crippen LogP contribution in [-0.2, 0) is 11.3 Å². The van der Waals surface area contributed by atoms with Crippen LogP contribution in [0.1, 0.15) is 35.8 Å². The summed E-state index contributed by atoms with van der Waals surface area (Å²) < 4.78 is 8.00. The van der Waals surface area contributed by atoms with Crippen LogP contribution in [0, 0.1) is 6.92 Å². The van der Waals surface area contributed by atoms with Crippen molar-refractivity contribution in [3.05, 3.63) is 53.0 Å². The van der Waals surface area contributed by atoms with Crippen molar-refractivity contribution in [1.82, 2.24) is 19.7 Å². The molecule has 6 nitrogen and oxygen atoms in total. The molecule has 2 unspecified atom stereocenters. The first-order valence-electron chi connectivity index (χ1n) is 10.5. The molecule has 1 aromatic carbocycles. The van der Waals surface area contributed by atoms with Gasteiger partial charge in [-0.1, -0.05) is 36.0 Å². The van der Waals surface area contributed by atoms with Crippen molar-refractivity contribution in [1.29, 1.82) is 0 Å². The van der Waals surface area contributed by atoms with E-state index in [0.717, 1.165) is 57.5 Å². The predicted octanol–water partition coefficient (Wildman–Crippen LogP) is 5.34. The molecule has 0 saturated carbocycles. The molecule has 0 spiro atoms. The molecule has 5 rings (SSSR count). The summed E-state index contributed by atoms with van der Waals surface area (Å²) in [6.07, 6.45) is 2.28. The number of benzene rings is 1. The van der Waals surface area contributed by atoms with Gasteiger partial charge in [0.15, 0.2) is 16.8 Å². The monoisotopic (exact) mass is 452 g/mol. The number of nitrogens with zero attached hydrogens (tertiary/aromatic N) is 3. The second kappa shape index (κ2) is 8.61. The number of nitrogens with one attached hydrogen (secondary N) is 1. The minimum absolute atomic E-state index is 0.101. The molecular formula is C23H24N4O2S2. The fourth-order valence-electron chi connectivity index (χ4n) is 4.13. The van der Waals surface area contributed by atoms with Gasteiger partial charge in [-0.2, -0.15) is 0 Å². The van der Waals surface area contributed by atoms with Gasteiger partial charge < -0.3 is 9.72 Å². The molecule has 4 aromatic rings. The Morgan fingerprint density at radius 2 is 2.19 bits per heavy atom. The molecular weight excluding hydrogens is 428 g/mol. The lowest BCUT2D eigenvalue weighted by Gasteiger charge is -2.16. The fraction of sp³-hybridized carbons (Fsp3) is 0.348. The van der Waals surface area contributed by atoms with Crippen molar-refractivity contribution in [3.8, 4) is 10.7 Å². The Bertz CT molecular complexity index is 1210. The Kier molecular flexibility index (Phi) is 5.69. The largest absolute Gasteiger partial charge is 0.376 e. The van der Waals surface area contributed by atoms with Crippen LogP contribution < -0.4 is 0 Å². The minimum Gasteiger partial charge on any atom is -0.376 e. The highest BCUT2D eigenvalue weighted by Gasteiger charge is 2.27. The van der Waals surface area contributed by atoms with Crippen molar-refractivity contribution in [3.63, 3.8) is 0 Å². The highest BCUT2D eigenvalue weighted by atomic mass is 32.2. The lowest BCUT2D eigenvalue weighted by atomic mass is 10.1. The second-order valence-electron chi connectivity index (χ2n) is 7.82. The van der Waals surface area contributed by atoms with Crippen molar-refractivity contribution < 1.29 is 9.53 Å². The highest BCUT2D eigenvalue weighted by Crippen LogP contribution is 2.33. The van der Waals surface area contributed by atoms with Gasteiger partial charge in [0.05, 0.1) is 22.8 Å². The third-order valence-electron chi connectivity index (χ3n) is 5.66.